The van der Waals surface area contributed by atoms with Crippen molar-refractivity contribution < 1.29 is 28.9 Å². The van der Waals surface area contributed by atoms with E-state index >= 15 is 0 Å². The van der Waals surface area contributed by atoms with Crippen LogP contribution >= 0.6 is 22.6 Å². The van der Waals surface area contributed by atoms with E-state index in [0.29, 0.717) is 31.1 Å². The quantitative estimate of drug-likeness (QED) is 0.0895. The van der Waals surface area contributed by atoms with Gasteiger partial charge in [-0.05, 0) is 126 Å². The van der Waals surface area contributed by atoms with Gasteiger partial charge in [0.05, 0.1) is 40.9 Å². The number of fused-ring (bicyclic) bond motifs is 3. The maximum atomic E-state index is 14.2. The molecule has 9 heteroatoms. The van der Waals surface area contributed by atoms with Gasteiger partial charge in [0.1, 0.15) is 12.4 Å². The third-order valence-corrected chi connectivity index (χ3v) is 10.7. The first kappa shape index (κ1) is 33.9. The summed E-state index contributed by atoms with van der Waals surface area (Å²) in [6, 6.07) is 30.7. The zero-order valence-electron chi connectivity index (χ0n) is 28.0. The fourth-order valence-electron chi connectivity index (χ4n) is 7.48. The number of imide groups is 1. The first-order valence-corrected chi connectivity index (χ1v) is 17.9. The van der Waals surface area contributed by atoms with Crippen molar-refractivity contribution in [3.8, 4) is 17.2 Å². The molecule has 8 nitrogen and oxygen atoms in total. The number of phenols is 1. The second-order valence-corrected chi connectivity index (χ2v) is 14.2. The molecule has 0 unspecified atom stereocenters. The normalized spacial score (nSPS) is 21.7. The molecule has 1 aliphatic carbocycles. The minimum Gasteiger partial charge on any atom is -0.504 e. The van der Waals surface area contributed by atoms with Gasteiger partial charge in [0.25, 0.3) is 0 Å². The SMILES string of the molecule is COc1cc(/C=C(\C)CC[C@H]2OC[C@H]3C2=C(COc2ccccc2)C[C@H]2C(=O)N(c4ccc(Nc5ccccc5)cc4)C(=O)[C@H]23)cc(I)c1O. The Labute approximate surface area is 305 Å². The van der Waals surface area contributed by atoms with Crippen LogP contribution in [0, 0.1) is 21.3 Å². The molecule has 4 aromatic carbocycles. The molecule has 0 spiro atoms. The standard InChI is InChI=1S/C41H39IN2O6/c1-25(19-26-20-34(42)39(45)36(21-26)48-2)13-18-35-37-27(23-49-31-11-7-4-8-12-31)22-32-38(33(37)24-50-35)41(47)44(40(32)46)30-16-14-29(15-17-30)43-28-9-5-3-6-10-28/h3-12,14-17,19-21,32-33,35,38,43,45H,13,18,22-24H2,1-2H3/b25-19+/t32-,33+,35-,38-/m1/s1. The molecule has 4 aromatic rings. The number of methoxy groups -OCH3 is 1. The van der Waals surface area contributed by atoms with E-state index in [-0.39, 0.29) is 29.6 Å². The fraction of sp³-hybridized carbons (Fsp3) is 0.268. The maximum absolute atomic E-state index is 14.2. The number of allylic oxidation sites excluding steroid dienone is 1. The van der Waals surface area contributed by atoms with Gasteiger partial charge in [0.2, 0.25) is 11.8 Å². The highest BCUT2D eigenvalue weighted by Gasteiger charge is 2.57. The van der Waals surface area contributed by atoms with E-state index in [1.165, 1.54) is 4.90 Å². The number of nitrogens with one attached hydrogen (secondary N) is 1. The molecule has 2 N–H and O–H groups in total. The first-order valence-electron chi connectivity index (χ1n) is 16.9. The molecule has 2 aliphatic heterocycles. The van der Waals surface area contributed by atoms with Crippen LogP contribution in [0.3, 0.4) is 0 Å². The molecular weight excluding hydrogens is 743 g/mol. The predicted octanol–water partition coefficient (Wildman–Crippen LogP) is 8.53. The average Bonchev–Trinajstić information content (AvgIpc) is 3.66. The van der Waals surface area contributed by atoms with Crippen molar-refractivity contribution in [2.75, 3.05) is 30.5 Å². The van der Waals surface area contributed by atoms with Crippen molar-refractivity contribution in [1.29, 1.82) is 0 Å². The van der Waals surface area contributed by atoms with Crippen LogP contribution < -0.4 is 19.7 Å². The maximum Gasteiger partial charge on any atom is 0.238 e. The van der Waals surface area contributed by atoms with Gasteiger partial charge < -0.3 is 24.6 Å². The summed E-state index contributed by atoms with van der Waals surface area (Å²) in [7, 11) is 1.54. The van der Waals surface area contributed by atoms with E-state index in [4.69, 9.17) is 14.2 Å². The largest absolute Gasteiger partial charge is 0.504 e. The van der Waals surface area contributed by atoms with Gasteiger partial charge in [-0.25, -0.2) is 0 Å². The zero-order valence-corrected chi connectivity index (χ0v) is 30.1. The Balaban J connectivity index is 1.12. The van der Waals surface area contributed by atoms with Crippen molar-refractivity contribution in [3.63, 3.8) is 0 Å². The van der Waals surface area contributed by atoms with Crippen molar-refractivity contribution in [2.24, 2.45) is 17.8 Å². The molecule has 0 saturated carbocycles. The number of para-hydroxylation sites is 2. The van der Waals surface area contributed by atoms with Gasteiger partial charge in [0, 0.05) is 17.3 Å². The molecule has 2 amide bonds. The Kier molecular flexibility index (Phi) is 9.96. The summed E-state index contributed by atoms with van der Waals surface area (Å²) in [6.07, 6.45) is 3.86. The molecule has 3 aliphatic rings. The van der Waals surface area contributed by atoms with Crippen LogP contribution in [0.15, 0.2) is 114 Å². The van der Waals surface area contributed by atoms with Gasteiger partial charge in [-0.1, -0.05) is 48.0 Å². The smallest absolute Gasteiger partial charge is 0.238 e. The number of amides is 2. The highest BCUT2D eigenvalue weighted by atomic mass is 127. The van der Waals surface area contributed by atoms with E-state index < -0.39 is 11.8 Å². The van der Waals surface area contributed by atoms with Gasteiger partial charge >= 0.3 is 0 Å². The minimum atomic E-state index is -0.478. The number of ether oxygens (including phenoxy) is 3. The first-order chi connectivity index (χ1) is 24.3. The molecule has 7 rings (SSSR count). The highest BCUT2D eigenvalue weighted by Crippen LogP contribution is 2.50. The molecular formula is C41H39IN2O6. The second-order valence-electron chi connectivity index (χ2n) is 13.1. The summed E-state index contributed by atoms with van der Waals surface area (Å²) < 4.78 is 18.8. The molecule has 0 aromatic heterocycles. The number of aromatic hydroxyl groups is 1. The lowest BCUT2D eigenvalue weighted by Crippen LogP contribution is -2.35. The number of anilines is 3. The number of halogens is 1. The van der Waals surface area contributed by atoms with E-state index in [0.717, 1.165) is 55.8 Å². The summed E-state index contributed by atoms with van der Waals surface area (Å²) in [5.74, 6) is -0.138. The van der Waals surface area contributed by atoms with Crippen molar-refractivity contribution >= 4 is 57.5 Å². The van der Waals surface area contributed by atoms with Crippen LogP contribution in [0.25, 0.3) is 6.08 Å². The monoisotopic (exact) mass is 782 g/mol. The van der Waals surface area contributed by atoms with E-state index in [1.54, 1.807) is 7.11 Å². The van der Waals surface area contributed by atoms with Crippen LogP contribution in [0.2, 0.25) is 0 Å². The third-order valence-electron chi connectivity index (χ3n) is 9.84. The lowest BCUT2D eigenvalue weighted by Gasteiger charge is -2.31. The molecule has 256 valence electrons. The zero-order chi connectivity index (χ0) is 34.8. The highest BCUT2D eigenvalue weighted by molar-refractivity contribution is 14.1. The van der Waals surface area contributed by atoms with E-state index in [1.807, 2.05) is 97.1 Å². The fourth-order valence-corrected chi connectivity index (χ4v) is 8.10. The van der Waals surface area contributed by atoms with Gasteiger partial charge in [0.15, 0.2) is 11.5 Å². The van der Waals surface area contributed by atoms with Crippen LogP contribution in [-0.4, -0.2) is 43.3 Å². The molecule has 4 atom stereocenters. The molecule has 0 radical (unpaired) electrons. The molecule has 50 heavy (non-hydrogen) atoms. The summed E-state index contributed by atoms with van der Waals surface area (Å²) >= 11 is 2.10. The molecule has 2 saturated heterocycles. The van der Waals surface area contributed by atoms with Gasteiger partial charge in [-0.15, -0.1) is 0 Å². The summed E-state index contributed by atoms with van der Waals surface area (Å²) in [5.41, 5.74) is 6.67. The Morgan fingerprint density at radius 2 is 1.66 bits per heavy atom. The summed E-state index contributed by atoms with van der Waals surface area (Å²) in [6.45, 7) is 2.81. The van der Waals surface area contributed by atoms with Crippen molar-refractivity contribution in [2.45, 2.75) is 32.3 Å². The molecule has 2 heterocycles. The summed E-state index contributed by atoms with van der Waals surface area (Å²) in [4.78, 5) is 29.6. The number of hydrogen-bond acceptors (Lipinski definition) is 7. The Hall–Kier alpha value is -4.61. The van der Waals surface area contributed by atoms with Crippen LogP contribution in [0.4, 0.5) is 17.1 Å². The van der Waals surface area contributed by atoms with Gasteiger partial charge in [-0.2, -0.15) is 0 Å². The number of hydrogen-bond donors (Lipinski definition) is 2. The number of carbonyl (C=O) groups is 2. The summed E-state index contributed by atoms with van der Waals surface area (Å²) in [5, 5.41) is 13.6. The van der Waals surface area contributed by atoms with Crippen LogP contribution in [-0.2, 0) is 14.3 Å². The third kappa shape index (κ3) is 6.89. The van der Waals surface area contributed by atoms with E-state index in [9.17, 15) is 14.7 Å². The second kappa shape index (κ2) is 14.7. The van der Waals surface area contributed by atoms with Crippen LogP contribution in [0.5, 0.6) is 17.2 Å². The van der Waals surface area contributed by atoms with E-state index in [2.05, 4.69) is 40.9 Å². The van der Waals surface area contributed by atoms with Gasteiger partial charge in [-0.3, -0.25) is 14.5 Å². The number of benzene rings is 4. The topological polar surface area (TPSA) is 97.3 Å². The lowest BCUT2D eigenvalue weighted by atomic mass is 9.69. The van der Waals surface area contributed by atoms with Crippen LogP contribution in [0.1, 0.15) is 31.7 Å². The number of carbonyl (C=O) groups excluding carboxylic acids is 2. The number of rotatable bonds is 11. The molecule has 0 bridgehead atoms. The minimum absolute atomic E-state index is 0.136. The Morgan fingerprint density at radius 1 is 0.960 bits per heavy atom. The Bertz CT molecular complexity index is 1940. The number of nitrogens with zero attached hydrogens (tertiary/aromatic N) is 1. The van der Waals surface area contributed by atoms with Crippen molar-refractivity contribution in [3.05, 3.63) is 123 Å². The predicted molar refractivity (Wildman–Crippen MR) is 203 cm³/mol. The van der Waals surface area contributed by atoms with Crippen molar-refractivity contribution in [1.82, 2.24) is 0 Å². The Morgan fingerprint density at radius 3 is 2.38 bits per heavy atom. The molecule has 2 fully saturated rings. The average molecular weight is 783 g/mol. The number of phenolic OH excluding ortho intramolecular Hbond substituents is 1. The lowest BCUT2D eigenvalue weighted by molar-refractivity contribution is -0.122.